The number of aromatic nitrogens is 1. The minimum absolute atomic E-state index is 0.0494. The number of sulfonamides is 1. The van der Waals surface area contributed by atoms with Crippen LogP contribution in [0.2, 0.25) is 10.3 Å². The van der Waals surface area contributed by atoms with Gasteiger partial charge in [0, 0.05) is 0 Å². The van der Waals surface area contributed by atoms with E-state index in [1.54, 1.807) is 6.92 Å². The summed E-state index contributed by atoms with van der Waals surface area (Å²) in [6.45, 7) is 1.64. The molecule has 1 aromatic heterocycles. The molecule has 0 bridgehead atoms. The SMILES string of the molecule is COC(=O)CCS(=O)(=O)Nc1c(C)cc(Cl)nc1Cl. The molecule has 0 saturated carbocycles. The smallest absolute Gasteiger partial charge is 0.306 e. The maximum absolute atomic E-state index is 11.8. The minimum Gasteiger partial charge on any atom is -0.469 e. The summed E-state index contributed by atoms with van der Waals surface area (Å²) < 4.78 is 30.2. The Balaban J connectivity index is 2.87. The number of esters is 1. The standard InChI is InChI=1S/C10H12Cl2N2O4S/c1-6-5-7(11)13-10(12)9(6)14-19(16,17)4-3-8(15)18-2/h5,14H,3-4H2,1-2H3. The van der Waals surface area contributed by atoms with E-state index in [0.717, 1.165) is 0 Å². The quantitative estimate of drug-likeness (QED) is 0.660. The van der Waals surface area contributed by atoms with Gasteiger partial charge in [0.25, 0.3) is 0 Å². The van der Waals surface area contributed by atoms with Crippen LogP contribution in [0.15, 0.2) is 6.07 Å². The van der Waals surface area contributed by atoms with Crippen molar-refractivity contribution >= 4 is 44.9 Å². The molecular weight excluding hydrogens is 315 g/mol. The molecule has 1 aromatic rings. The van der Waals surface area contributed by atoms with Gasteiger partial charge in [-0.2, -0.15) is 0 Å². The first kappa shape index (κ1) is 16.0. The van der Waals surface area contributed by atoms with E-state index in [1.165, 1.54) is 13.2 Å². The summed E-state index contributed by atoms with van der Waals surface area (Å²) >= 11 is 11.5. The summed E-state index contributed by atoms with van der Waals surface area (Å²) in [5.74, 6) is -1.01. The Morgan fingerprint density at radius 3 is 2.63 bits per heavy atom. The Morgan fingerprint density at radius 2 is 2.11 bits per heavy atom. The van der Waals surface area contributed by atoms with E-state index in [0.29, 0.717) is 5.56 Å². The third-order valence-corrected chi connectivity index (χ3v) is 3.93. The molecule has 0 saturated heterocycles. The van der Waals surface area contributed by atoms with Crippen molar-refractivity contribution in [2.24, 2.45) is 0 Å². The molecule has 0 fully saturated rings. The highest BCUT2D eigenvalue weighted by Gasteiger charge is 2.17. The fraction of sp³-hybridized carbons (Fsp3) is 0.400. The number of nitrogens with one attached hydrogen (secondary N) is 1. The molecule has 0 aliphatic carbocycles. The van der Waals surface area contributed by atoms with Gasteiger partial charge in [0.15, 0.2) is 5.15 Å². The van der Waals surface area contributed by atoms with Gasteiger partial charge < -0.3 is 4.74 Å². The van der Waals surface area contributed by atoms with E-state index in [2.05, 4.69) is 14.4 Å². The lowest BCUT2D eigenvalue weighted by atomic mass is 10.3. The first-order valence-electron chi connectivity index (χ1n) is 5.15. The van der Waals surface area contributed by atoms with Crippen molar-refractivity contribution in [1.82, 2.24) is 4.98 Å². The fourth-order valence-electron chi connectivity index (χ4n) is 1.24. The van der Waals surface area contributed by atoms with Gasteiger partial charge in [-0.15, -0.1) is 0 Å². The van der Waals surface area contributed by atoms with Gasteiger partial charge in [-0.05, 0) is 18.6 Å². The van der Waals surface area contributed by atoms with Gasteiger partial charge in [0.05, 0.1) is 25.0 Å². The number of aryl methyl sites for hydroxylation is 1. The van der Waals surface area contributed by atoms with E-state index >= 15 is 0 Å². The number of halogens is 2. The van der Waals surface area contributed by atoms with Gasteiger partial charge in [-0.3, -0.25) is 9.52 Å². The van der Waals surface area contributed by atoms with Gasteiger partial charge in [0.1, 0.15) is 5.15 Å². The van der Waals surface area contributed by atoms with E-state index < -0.39 is 21.7 Å². The molecule has 0 spiro atoms. The Bertz CT molecular complexity index is 566. The maximum Gasteiger partial charge on any atom is 0.306 e. The first-order chi connectivity index (χ1) is 8.75. The molecule has 0 atom stereocenters. The van der Waals surface area contributed by atoms with Gasteiger partial charge in [0.2, 0.25) is 10.0 Å². The van der Waals surface area contributed by atoms with Crippen molar-refractivity contribution in [3.05, 3.63) is 21.9 Å². The lowest BCUT2D eigenvalue weighted by Crippen LogP contribution is -2.20. The van der Waals surface area contributed by atoms with E-state index in [1.807, 2.05) is 0 Å². The number of hydrogen-bond donors (Lipinski definition) is 1. The van der Waals surface area contributed by atoms with Crippen LogP contribution in [-0.4, -0.2) is 32.2 Å². The predicted molar refractivity (Wildman–Crippen MR) is 73.0 cm³/mol. The van der Waals surface area contributed by atoms with Crippen LogP contribution < -0.4 is 4.72 Å². The van der Waals surface area contributed by atoms with Gasteiger partial charge in [-0.1, -0.05) is 23.2 Å². The molecule has 9 heteroatoms. The highest BCUT2D eigenvalue weighted by molar-refractivity contribution is 7.92. The second-order valence-corrected chi connectivity index (χ2v) is 6.26. The van der Waals surface area contributed by atoms with Crippen LogP contribution >= 0.6 is 23.2 Å². The summed E-state index contributed by atoms with van der Waals surface area (Å²) in [5.41, 5.74) is 0.683. The number of pyridine rings is 1. The second kappa shape index (κ2) is 6.40. The molecular formula is C10H12Cl2N2O4S. The zero-order valence-electron chi connectivity index (χ0n) is 10.2. The lowest BCUT2D eigenvalue weighted by molar-refractivity contribution is -0.140. The molecule has 0 amide bonds. The summed E-state index contributed by atoms with van der Waals surface area (Å²) in [6, 6.07) is 1.48. The van der Waals surface area contributed by atoms with Crippen LogP contribution in [-0.2, 0) is 19.6 Å². The van der Waals surface area contributed by atoms with Crippen molar-refractivity contribution in [3.63, 3.8) is 0 Å². The summed E-state index contributed by atoms with van der Waals surface area (Å²) in [5, 5.41) is 0.117. The summed E-state index contributed by atoms with van der Waals surface area (Å²) in [7, 11) is -2.53. The first-order valence-corrected chi connectivity index (χ1v) is 7.56. The van der Waals surface area contributed by atoms with Crippen molar-refractivity contribution in [3.8, 4) is 0 Å². The van der Waals surface area contributed by atoms with Gasteiger partial charge >= 0.3 is 5.97 Å². The molecule has 0 aliphatic heterocycles. The molecule has 106 valence electrons. The van der Waals surface area contributed by atoms with Crippen molar-refractivity contribution in [1.29, 1.82) is 0 Å². The van der Waals surface area contributed by atoms with E-state index in [4.69, 9.17) is 23.2 Å². The molecule has 19 heavy (non-hydrogen) atoms. The maximum atomic E-state index is 11.8. The van der Waals surface area contributed by atoms with E-state index in [-0.39, 0.29) is 22.4 Å². The van der Waals surface area contributed by atoms with Crippen molar-refractivity contribution in [2.75, 3.05) is 17.6 Å². The Labute approximate surface area is 121 Å². The van der Waals surface area contributed by atoms with Crippen LogP contribution in [0.4, 0.5) is 5.69 Å². The molecule has 0 aromatic carbocycles. The number of carbonyl (C=O) groups excluding carboxylic acids is 1. The molecule has 1 heterocycles. The second-order valence-electron chi connectivity index (χ2n) is 3.67. The number of methoxy groups -OCH3 is 1. The van der Waals surface area contributed by atoms with Crippen LogP contribution in [0, 0.1) is 6.92 Å². The number of carbonyl (C=O) groups is 1. The highest BCUT2D eigenvalue weighted by Crippen LogP contribution is 2.27. The van der Waals surface area contributed by atoms with Gasteiger partial charge in [-0.25, -0.2) is 13.4 Å². The predicted octanol–water partition coefficient (Wildman–Crippen LogP) is 2.00. The van der Waals surface area contributed by atoms with Crippen molar-refractivity contribution < 1.29 is 17.9 Å². The molecule has 1 N–H and O–H groups in total. The highest BCUT2D eigenvalue weighted by atomic mass is 35.5. The lowest BCUT2D eigenvalue weighted by Gasteiger charge is -2.11. The Morgan fingerprint density at radius 1 is 1.47 bits per heavy atom. The summed E-state index contributed by atoms with van der Waals surface area (Å²) in [4.78, 5) is 14.7. The molecule has 0 aliphatic rings. The zero-order chi connectivity index (χ0) is 14.6. The Hall–Kier alpha value is -1.05. The zero-order valence-corrected chi connectivity index (χ0v) is 12.6. The number of anilines is 1. The fourth-order valence-corrected chi connectivity index (χ4v) is 2.99. The third kappa shape index (κ3) is 4.85. The van der Waals surface area contributed by atoms with Crippen LogP contribution in [0.1, 0.15) is 12.0 Å². The van der Waals surface area contributed by atoms with E-state index in [9.17, 15) is 13.2 Å². The number of nitrogens with zero attached hydrogens (tertiary/aromatic N) is 1. The largest absolute Gasteiger partial charge is 0.469 e. The number of ether oxygens (including phenoxy) is 1. The summed E-state index contributed by atoms with van der Waals surface area (Å²) in [6.07, 6.45) is -0.247. The third-order valence-electron chi connectivity index (χ3n) is 2.20. The molecule has 1 rings (SSSR count). The minimum atomic E-state index is -3.72. The van der Waals surface area contributed by atoms with Crippen LogP contribution in [0.5, 0.6) is 0 Å². The normalized spacial score (nSPS) is 11.2. The van der Waals surface area contributed by atoms with Crippen LogP contribution in [0.25, 0.3) is 0 Å². The topological polar surface area (TPSA) is 85.4 Å². The van der Waals surface area contributed by atoms with Crippen LogP contribution in [0.3, 0.4) is 0 Å². The molecule has 6 nitrogen and oxygen atoms in total. The monoisotopic (exact) mass is 326 g/mol. The Kier molecular flexibility index (Phi) is 5.39. The molecule has 0 unspecified atom stereocenters. The number of rotatable bonds is 5. The van der Waals surface area contributed by atoms with Crippen molar-refractivity contribution in [2.45, 2.75) is 13.3 Å². The molecule has 0 radical (unpaired) electrons. The average molecular weight is 327 g/mol. The average Bonchev–Trinajstić information content (AvgIpc) is 2.31. The number of hydrogen-bond acceptors (Lipinski definition) is 5.